The molecule has 1 fully saturated rings. The standard InChI is InChI=1S/C14H11IN4O2/c1-2-7-19-12-9(4-3-5-10(12)15)13(17-19)18-8-6-11(20)16-14(18)21/h1,3-5H,6-8H2,(H,16,20,21). The topological polar surface area (TPSA) is 67.2 Å². The molecule has 1 N–H and O–H groups in total. The van der Waals surface area contributed by atoms with Crippen LogP contribution in [0.3, 0.4) is 0 Å². The minimum atomic E-state index is -0.447. The molecule has 1 aliphatic rings. The van der Waals surface area contributed by atoms with Crippen molar-refractivity contribution in [1.29, 1.82) is 0 Å². The van der Waals surface area contributed by atoms with Crippen molar-refractivity contribution in [2.24, 2.45) is 0 Å². The molecule has 0 aliphatic carbocycles. The zero-order valence-corrected chi connectivity index (χ0v) is 13.1. The highest BCUT2D eigenvalue weighted by molar-refractivity contribution is 14.1. The van der Waals surface area contributed by atoms with Gasteiger partial charge in [0.05, 0.1) is 5.52 Å². The van der Waals surface area contributed by atoms with Gasteiger partial charge in [-0.05, 0) is 34.7 Å². The van der Waals surface area contributed by atoms with E-state index in [0.29, 0.717) is 18.9 Å². The number of amides is 3. The zero-order chi connectivity index (χ0) is 15.0. The van der Waals surface area contributed by atoms with Gasteiger partial charge < -0.3 is 0 Å². The van der Waals surface area contributed by atoms with E-state index in [0.717, 1.165) is 14.5 Å². The predicted molar refractivity (Wildman–Crippen MR) is 86.8 cm³/mol. The van der Waals surface area contributed by atoms with Gasteiger partial charge in [0.2, 0.25) is 5.91 Å². The molecule has 6 nitrogen and oxygen atoms in total. The molecule has 0 saturated carbocycles. The molecule has 1 saturated heterocycles. The van der Waals surface area contributed by atoms with E-state index in [-0.39, 0.29) is 12.3 Å². The van der Waals surface area contributed by atoms with E-state index in [1.165, 1.54) is 4.90 Å². The molecular formula is C14H11IN4O2. The van der Waals surface area contributed by atoms with E-state index in [4.69, 9.17) is 6.42 Å². The number of urea groups is 1. The van der Waals surface area contributed by atoms with Crippen molar-refractivity contribution in [2.75, 3.05) is 11.4 Å². The van der Waals surface area contributed by atoms with Crippen LogP contribution in [-0.2, 0) is 11.3 Å². The van der Waals surface area contributed by atoms with Crippen LogP contribution in [0, 0.1) is 15.9 Å². The number of imide groups is 1. The number of nitrogens with one attached hydrogen (secondary N) is 1. The van der Waals surface area contributed by atoms with Crippen molar-refractivity contribution in [3.8, 4) is 12.3 Å². The number of halogens is 1. The van der Waals surface area contributed by atoms with Gasteiger partial charge in [0.1, 0.15) is 6.54 Å². The summed E-state index contributed by atoms with van der Waals surface area (Å²) in [5.74, 6) is 2.83. The van der Waals surface area contributed by atoms with Crippen LogP contribution in [-0.4, -0.2) is 28.3 Å². The lowest BCUT2D eigenvalue weighted by atomic mass is 10.2. The zero-order valence-electron chi connectivity index (χ0n) is 11.0. The van der Waals surface area contributed by atoms with E-state index in [1.807, 2.05) is 18.2 Å². The smallest absolute Gasteiger partial charge is 0.278 e. The third-order valence-corrected chi connectivity index (χ3v) is 4.12. The second-order valence-electron chi connectivity index (χ2n) is 4.58. The Morgan fingerprint density at radius 2 is 2.24 bits per heavy atom. The summed E-state index contributed by atoms with van der Waals surface area (Å²) in [5.41, 5.74) is 0.899. The maximum Gasteiger partial charge on any atom is 0.329 e. The summed E-state index contributed by atoms with van der Waals surface area (Å²) < 4.78 is 2.71. The van der Waals surface area contributed by atoms with Gasteiger partial charge in [0.25, 0.3) is 0 Å². The van der Waals surface area contributed by atoms with Gasteiger partial charge in [-0.1, -0.05) is 12.0 Å². The molecule has 106 valence electrons. The molecular weight excluding hydrogens is 383 g/mol. The molecule has 1 aromatic heterocycles. The van der Waals surface area contributed by atoms with Gasteiger partial charge in [0, 0.05) is 21.9 Å². The van der Waals surface area contributed by atoms with E-state index in [1.54, 1.807) is 4.68 Å². The predicted octanol–water partition coefficient (Wildman–Crippen LogP) is 1.72. The fourth-order valence-electron chi connectivity index (χ4n) is 2.34. The molecule has 0 unspecified atom stereocenters. The summed E-state index contributed by atoms with van der Waals surface area (Å²) in [6, 6.07) is 5.32. The number of anilines is 1. The molecule has 0 radical (unpaired) electrons. The first-order valence-corrected chi connectivity index (χ1v) is 7.39. The SMILES string of the molecule is C#CCn1nc(N2CCC(=O)NC2=O)c2cccc(I)c21. The molecule has 1 aromatic carbocycles. The molecule has 2 heterocycles. The Morgan fingerprint density at radius 3 is 2.95 bits per heavy atom. The summed E-state index contributed by atoms with van der Waals surface area (Å²) in [6.07, 6.45) is 5.65. The summed E-state index contributed by atoms with van der Waals surface area (Å²) in [4.78, 5) is 24.7. The number of carbonyl (C=O) groups excluding carboxylic acids is 2. The molecule has 3 amide bonds. The Hall–Kier alpha value is -2.08. The van der Waals surface area contributed by atoms with E-state index in [2.05, 4.69) is 38.9 Å². The van der Waals surface area contributed by atoms with Crippen LogP contribution in [0.4, 0.5) is 10.6 Å². The summed E-state index contributed by atoms with van der Waals surface area (Å²) >= 11 is 2.21. The lowest BCUT2D eigenvalue weighted by Crippen LogP contribution is -2.49. The Morgan fingerprint density at radius 1 is 1.43 bits per heavy atom. The van der Waals surface area contributed by atoms with Gasteiger partial charge in [0.15, 0.2) is 5.82 Å². The van der Waals surface area contributed by atoms with Crippen molar-refractivity contribution in [2.45, 2.75) is 13.0 Å². The Balaban J connectivity index is 2.15. The normalized spacial score (nSPS) is 15.1. The molecule has 0 spiro atoms. The summed E-state index contributed by atoms with van der Waals surface area (Å²) in [6.45, 7) is 0.642. The number of rotatable bonds is 2. The molecule has 3 rings (SSSR count). The number of fused-ring (bicyclic) bond motifs is 1. The second-order valence-corrected chi connectivity index (χ2v) is 5.74. The fraction of sp³-hybridized carbons (Fsp3) is 0.214. The molecule has 1 aliphatic heterocycles. The third kappa shape index (κ3) is 2.35. The van der Waals surface area contributed by atoms with Crippen molar-refractivity contribution in [3.63, 3.8) is 0 Å². The fourth-order valence-corrected chi connectivity index (χ4v) is 3.12. The minimum absolute atomic E-state index is 0.263. The highest BCUT2D eigenvalue weighted by Crippen LogP contribution is 2.30. The number of terminal acetylenes is 1. The number of aromatic nitrogens is 2. The van der Waals surface area contributed by atoms with Crippen LogP contribution in [0.5, 0.6) is 0 Å². The maximum atomic E-state index is 12.0. The monoisotopic (exact) mass is 394 g/mol. The molecule has 0 bridgehead atoms. The van der Waals surface area contributed by atoms with Gasteiger partial charge in [-0.3, -0.25) is 15.0 Å². The molecule has 7 heteroatoms. The van der Waals surface area contributed by atoms with Crippen LogP contribution in [0.2, 0.25) is 0 Å². The van der Waals surface area contributed by atoms with Crippen LogP contribution < -0.4 is 10.2 Å². The van der Waals surface area contributed by atoms with Crippen molar-refractivity contribution >= 4 is 51.2 Å². The highest BCUT2D eigenvalue weighted by atomic mass is 127. The molecule has 21 heavy (non-hydrogen) atoms. The van der Waals surface area contributed by atoms with Crippen molar-refractivity contribution in [1.82, 2.24) is 15.1 Å². The quantitative estimate of drug-likeness (QED) is 0.623. The van der Waals surface area contributed by atoms with Gasteiger partial charge >= 0.3 is 6.03 Å². The summed E-state index contributed by atoms with van der Waals surface area (Å²) in [7, 11) is 0. The van der Waals surface area contributed by atoms with E-state index in [9.17, 15) is 9.59 Å². The first-order chi connectivity index (χ1) is 10.1. The van der Waals surface area contributed by atoms with Crippen LogP contribution >= 0.6 is 22.6 Å². The number of hydrogen-bond donors (Lipinski definition) is 1. The maximum absolute atomic E-state index is 12.0. The number of carbonyl (C=O) groups is 2. The van der Waals surface area contributed by atoms with Crippen molar-refractivity contribution < 1.29 is 9.59 Å². The molecule has 2 aromatic rings. The average Bonchev–Trinajstić information content (AvgIpc) is 2.79. The second kappa shape index (κ2) is 5.37. The van der Waals surface area contributed by atoms with Crippen LogP contribution in [0.25, 0.3) is 10.9 Å². The van der Waals surface area contributed by atoms with Crippen LogP contribution in [0.1, 0.15) is 6.42 Å². The lowest BCUT2D eigenvalue weighted by molar-refractivity contribution is -0.120. The number of hydrogen-bond acceptors (Lipinski definition) is 3. The third-order valence-electron chi connectivity index (χ3n) is 3.25. The highest BCUT2D eigenvalue weighted by Gasteiger charge is 2.28. The van der Waals surface area contributed by atoms with Gasteiger partial charge in [-0.25, -0.2) is 9.48 Å². The van der Waals surface area contributed by atoms with Gasteiger partial charge in [-0.2, -0.15) is 5.10 Å². The first-order valence-electron chi connectivity index (χ1n) is 6.31. The Bertz CT molecular complexity index is 790. The number of benzene rings is 1. The number of nitrogens with zero attached hydrogens (tertiary/aromatic N) is 3. The number of para-hydroxylation sites is 1. The summed E-state index contributed by atoms with van der Waals surface area (Å²) in [5, 5.41) is 7.62. The minimum Gasteiger partial charge on any atom is -0.278 e. The van der Waals surface area contributed by atoms with Crippen molar-refractivity contribution in [3.05, 3.63) is 21.8 Å². The Labute approximate surface area is 134 Å². The Kier molecular flexibility index (Phi) is 3.55. The largest absolute Gasteiger partial charge is 0.329 e. The molecule has 0 atom stereocenters. The average molecular weight is 394 g/mol. The lowest BCUT2D eigenvalue weighted by Gasteiger charge is -2.24. The van der Waals surface area contributed by atoms with Crippen LogP contribution in [0.15, 0.2) is 18.2 Å². The van der Waals surface area contributed by atoms with Gasteiger partial charge in [-0.15, -0.1) is 6.42 Å². The first kappa shape index (κ1) is 13.9. The van der Waals surface area contributed by atoms with E-state index < -0.39 is 6.03 Å². The van der Waals surface area contributed by atoms with E-state index >= 15 is 0 Å².